The van der Waals surface area contributed by atoms with Gasteiger partial charge < -0.3 is 10.2 Å². The molecule has 1 N–H and O–H groups in total. The van der Waals surface area contributed by atoms with Crippen LogP contribution in [-0.2, 0) is 13.0 Å². The molecular weight excluding hydrogens is 288 g/mol. The van der Waals surface area contributed by atoms with Crippen LogP contribution in [0.25, 0.3) is 10.6 Å². The van der Waals surface area contributed by atoms with Crippen LogP contribution in [0.3, 0.4) is 0 Å². The smallest absolute Gasteiger partial charge is 0.183 e. The van der Waals surface area contributed by atoms with Gasteiger partial charge in [-0.2, -0.15) is 0 Å². The average Bonchev–Trinajstić information content (AvgIpc) is 3.01. The van der Waals surface area contributed by atoms with E-state index in [2.05, 4.69) is 48.5 Å². The molecule has 0 spiro atoms. The lowest BCUT2D eigenvalue weighted by Crippen LogP contribution is -2.10. The first-order chi connectivity index (χ1) is 9.63. The van der Waals surface area contributed by atoms with E-state index in [9.17, 15) is 0 Å². The minimum atomic E-state index is 0.892. The van der Waals surface area contributed by atoms with Crippen molar-refractivity contribution in [2.24, 2.45) is 0 Å². The number of rotatable bonds is 7. The molecule has 0 bridgehead atoms. The van der Waals surface area contributed by atoms with Gasteiger partial charge in [-0.25, -0.2) is 9.97 Å². The number of thiazole rings is 2. The predicted octanol–water partition coefficient (Wildman–Crippen LogP) is 3.71. The molecule has 0 fully saturated rings. The zero-order valence-corrected chi connectivity index (χ0v) is 14.2. The molecule has 2 aromatic rings. The van der Waals surface area contributed by atoms with Gasteiger partial charge in [0.05, 0.1) is 16.3 Å². The topological polar surface area (TPSA) is 41.1 Å². The number of anilines is 1. The molecule has 0 aliphatic rings. The normalized spacial score (nSPS) is 11.2. The molecule has 0 aromatic carbocycles. The SMILES string of the molecule is CCCNc1nc(-c2sc(CN(C)C)nc2CC)cs1. The monoisotopic (exact) mass is 310 g/mol. The molecule has 4 nitrogen and oxygen atoms in total. The van der Waals surface area contributed by atoms with Crippen LogP contribution in [0.5, 0.6) is 0 Å². The fourth-order valence-corrected chi connectivity index (χ4v) is 3.91. The number of aromatic nitrogens is 2. The summed E-state index contributed by atoms with van der Waals surface area (Å²) in [7, 11) is 4.14. The van der Waals surface area contributed by atoms with Crippen molar-refractivity contribution >= 4 is 27.8 Å². The van der Waals surface area contributed by atoms with Gasteiger partial charge in [-0.15, -0.1) is 22.7 Å². The van der Waals surface area contributed by atoms with Gasteiger partial charge in [0.1, 0.15) is 5.01 Å². The van der Waals surface area contributed by atoms with Gasteiger partial charge in [0.15, 0.2) is 5.13 Å². The van der Waals surface area contributed by atoms with Crippen molar-refractivity contribution < 1.29 is 0 Å². The van der Waals surface area contributed by atoms with E-state index < -0.39 is 0 Å². The van der Waals surface area contributed by atoms with Crippen LogP contribution in [0, 0.1) is 0 Å². The third kappa shape index (κ3) is 3.77. The summed E-state index contributed by atoms with van der Waals surface area (Å²) in [4.78, 5) is 12.8. The van der Waals surface area contributed by atoms with Gasteiger partial charge in [-0.05, 0) is 26.9 Å². The van der Waals surface area contributed by atoms with Crippen LogP contribution in [0.1, 0.15) is 31.0 Å². The van der Waals surface area contributed by atoms with Crippen LogP contribution < -0.4 is 5.32 Å². The maximum atomic E-state index is 4.74. The Morgan fingerprint density at radius 3 is 2.70 bits per heavy atom. The quantitative estimate of drug-likeness (QED) is 0.846. The summed E-state index contributed by atoms with van der Waals surface area (Å²) in [6.07, 6.45) is 2.07. The van der Waals surface area contributed by atoms with Crippen molar-refractivity contribution in [2.45, 2.75) is 33.2 Å². The van der Waals surface area contributed by atoms with E-state index in [1.807, 2.05) is 0 Å². The summed E-state index contributed by atoms with van der Waals surface area (Å²) < 4.78 is 0. The zero-order chi connectivity index (χ0) is 14.5. The second kappa shape index (κ2) is 7.15. The molecule has 0 saturated heterocycles. The summed E-state index contributed by atoms with van der Waals surface area (Å²) in [5, 5.41) is 7.64. The molecule has 2 heterocycles. The van der Waals surface area contributed by atoms with Gasteiger partial charge in [-0.3, -0.25) is 0 Å². The first-order valence-electron chi connectivity index (χ1n) is 6.97. The van der Waals surface area contributed by atoms with Crippen LogP contribution in [0.15, 0.2) is 5.38 Å². The van der Waals surface area contributed by atoms with Crippen LogP contribution in [-0.4, -0.2) is 35.5 Å². The zero-order valence-electron chi connectivity index (χ0n) is 12.6. The van der Waals surface area contributed by atoms with Crippen molar-refractivity contribution in [3.63, 3.8) is 0 Å². The van der Waals surface area contributed by atoms with E-state index in [0.29, 0.717) is 0 Å². The number of nitrogens with one attached hydrogen (secondary N) is 1. The first-order valence-corrected chi connectivity index (χ1v) is 8.66. The predicted molar refractivity (Wildman–Crippen MR) is 88.8 cm³/mol. The number of hydrogen-bond donors (Lipinski definition) is 1. The molecule has 20 heavy (non-hydrogen) atoms. The Morgan fingerprint density at radius 1 is 1.25 bits per heavy atom. The minimum absolute atomic E-state index is 0.892. The molecule has 0 aliphatic heterocycles. The van der Waals surface area contributed by atoms with Crippen molar-refractivity contribution in [3.8, 4) is 10.6 Å². The summed E-state index contributed by atoms with van der Waals surface area (Å²) in [5.74, 6) is 0. The highest BCUT2D eigenvalue weighted by Crippen LogP contribution is 2.33. The molecule has 0 radical (unpaired) electrons. The fraction of sp³-hybridized carbons (Fsp3) is 0.571. The van der Waals surface area contributed by atoms with E-state index in [-0.39, 0.29) is 0 Å². The average molecular weight is 310 g/mol. The molecule has 6 heteroatoms. The standard InChI is InChI=1S/C14H22N4S2/c1-5-7-15-14-17-11(9-19-14)13-10(6-2)16-12(20-13)8-18(3)4/h9H,5-8H2,1-4H3,(H,15,17). The number of hydrogen-bond acceptors (Lipinski definition) is 6. The fourth-order valence-electron chi connectivity index (χ4n) is 1.87. The first kappa shape index (κ1) is 15.4. The maximum absolute atomic E-state index is 4.74. The Morgan fingerprint density at radius 2 is 2.05 bits per heavy atom. The third-order valence-electron chi connectivity index (χ3n) is 2.79. The van der Waals surface area contributed by atoms with Crippen molar-refractivity contribution in [2.75, 3.05) is 26.0 Å². The van der Waals surface area contributed by atoms with E-state index in [1.54, 1.807) is 22.7 Å². The van der Waals surface area contributed by atoms with E-state index in [4.69, 9.17) is 4.98 Å². The molecular formula is C14H22N4S2. The van der Waals surface area contributed by atoms with Gasteiger partial charge in [0.25, 0.3) is 0 Å². The molecule has 0 saturated carbocycles. The van der Waals surface area contributed by atoms with Crippen LogP contribution >= 0.6 is 22.7 Å². The lowest BCUT2D eigenvalue weighted by atomic mass is 10.2. The van der Waals surface area contributed by atoms with Crippen molar-refractivity contribution in [1.82, 2.24) is 14.9 Å². The van der Waals surface area contributed by atoms with Gasteiger partial charge in [0.2, 0.25) is 0 Å². The second-order valence-electron chi connectivity index (χ2n) is 4.94. The maximum Gasteiger partial charge on any atom is 0.183 e. The number of nitrogens with zero attached hydrogens (tertiary/aromatic N) is 3. The molecule has 2 rings (SSSR count). The lowest BCUT2D eigenvalue weighted by molar-refractivity contribution is 0.401. The summed E-state index contributed by atoms with van der Waals surface area (Å²) in [5.41, 5.74) is 2.23. The van der Waals surface area contributed by atoms with Crippen LogP contribution in [0.4, 0.5) is 5.13 Å². The highest BCUT2D eigenvalue weighted by molar-refractivity contribution is 7.16. The molecule has 2 aromatic heterocycles. The Kier molecular flexibility index (Phi) is 5.51. The van der Waals surface area contributed by atoms with Gasteiger partial charge in [-0.1, -0.05) is 13.8 Å². The van der Waals surface area contributed by atoms with Gasteiger partial charge in [0, 0.05) is 18.5 Å². The lowest BCUT2D eigenvalue weighted by Gasteiger charge is -2.04. The second-order valence-corrected chi connectivity index (χ2v) is 6.88. The summed E-state index contributed by atoms with van der Waals surface area (Å²) in [6, 6.07) is 0. The van der Waals surface area contributed by atoms with Gasteiger partial charge >= 0.3 is 0 Å². The highest BCUT2D eigenvalue weighted by Gasteiger charge is 2.15. The van der Waals surface area contributed by atoms with E-state index >= 15 is 0 Å². The Balaban J connectivity index is 2.22. The third-order valence-corrected chi connectivity index (χ3v) is 4.70. The Hall–Kier alpha value is -0.980. The Labute approximate surface area is 128 Å². The Bertz CT molecular complexity index is 545. The molecule has 0 aliphatic carbocycles. The molecule has 0 unspecified atom stereocenters. The molecule has 0 amide bonds. The summed E-state index contributed by atoms with van der Waals surface area (Å²) in [6.45, 7) is 6.18. The van der Waals surface area contributed by atoms with E-state index in [1.165, 1.54) is 10.6 Å². The van der Waals surface area contributed by atoms with Crippen molar-refractivity contribution in [3.05, 3.63) is 16.1 Å². The van der Waals surface area contributed by atoms with Crippen LogP contribution in [0.2, 0.25) is 0 Å². The molecule has 110 valence electrons. The van der Waals surface area contributed by atoms with Crippen molar-refractivity contribution in [1.29, 1.82) is 0 Å². The number of aryl methyl sites for hydroxylation is 1. The highest BCUT2D eigenvalue weighted by atomic mass is 32.1. The minimum Gasteiger partial charge on any atom is -0.362 e. The molecule has 0 atom stereocenters. The summed E-state index contributed by atoms with van der Waals surface area (Å²) >= 11 is 3.44. The largest absolute Gasteiger partial charge is 0.362 e. The van der Waals surface area contributed by atoms with E-state index in [0.717, 1.165) is 41.8 Å².